The molecule has 32 heavy (non-hydrogen) atoms. The van der Waals surface area contributed by atoms with Crippen LogP contribution in [-0.2, 0) is 25.6 Å². The maximum absolute atomic E-state index is 13.0. The third-order valence-corrected chi connectivity index (χ3v) is 4.93. The van der Waals surface area contributed by atoms with Crippen molar-refractivity contribution in [2.75, 3.05) is 5.75 Å². The lowest BCUT2D eigenvalue weighted by atomic mass is 10.0. The number of imidazole rings is 1. The summed E-state index contributed by atoms with van der Waals surface area (Å²) in [5.74, 6) is -3.39. The number of aliphatic carboxylic acids is 1. The molecule has 0 saturated carbocycles. The molecule has 5 atom stereocenters. The van der Waals surface area contributed by atoms with Gasteiger partial charge in [-0.05, 0) is 19.3 Å². The number of amides is 3. The summed E-state index contributed by atoms with van der Waals surface area (Å²) in [7, 11) is 0. The number of carboxylic acids is 1. The summed E-state index contributed by atoms with van der Waals surface area (Å²) in [4.78, 5) is 56.0. The van der Waals surface area contributed by atoms with Gasteiger partial charge in [0.1, 0.15) is 12.1 Å². The van der Waals surface area contributed by atoms with Crippen LogP contribution in [0.4, 0.5) is 0 Å². The molecule has 0 bridgehead atoms. The van der Waals surface area contributed by atoms with Gasteiger partial charge in [0.25, 0.3) is 0 Å². The van der Waals surface area contributed by atoms with E-state index in [-0.39, 0.29) is 24.5 Å². The number of aliphatic hydroxyl groups excluding tert-OH is 1. The van der Waals surface area contributed by atoms with E-state index in [0.717, 1.165) is 0 Å². The van der Waals surface area contributed by atoms with Gasteiger partial charge < -0.3 is 36.9 Å². The molecule has 13 heteroatoms. The number of aliphatic hydroxyl groups is 1. The molecular weight excluding hydrogens is 440 g/mol. The van der Waals surface area contributed by atoms with E-state index in [4.69, 9.17) is 5.73 Å². The van der Waals surface area contributed by atoms with Crippen LogP contribution in [0.2, 0.25) is 0 Å². The zero-order valence-corrected chi connectivity index (χ0v) is 19.1. The number of H-pyrrole nitrogens is 1. The van der Waals surface area contributed by atoms with Gasteiger partial charge in [0.15, 0.2) is 6.04 Å². The van der Waals surface area contributed by atoms with E-state index in [9.17, 15) is 29.4 Å². The first kappa shape index (κ1) is 27.4. The molecule has 1 aromatic rings. The molecule has 1 rings (SSSR count). The van der Waals surface area contributed by atoms with Gasteiger partial charge in [0, 0.05) is 24.1 Å². The smallest absolute Gasteiger partial charge is 0.328 e. The number of aromatic amines is 1. The molecule has 0 fully saturated rings. The summed E-state index contributed by atoms with van der Waals surface area (Å²) < 4.78 is 0. The van der Waals surface area contributed by atoms with Crippen LogP contribution in [0.25, 0.3) is 0 Å². The van der Waals surface area contributed by atoms with Gasteiger partial charge in [-0.1, -0.05) is 13.8 Å². The monoisotopic (exact) mass is 472 g/mol. The van der Waals surface area contributed by atoms with E-state index in [1.807, 2.05) is 13.8 Å². The van der Waals surface area contributed by atoms with Crippen LogP contribution in [0, 0.1) is 5.92 Å². The van der Waals surface area contributed by atoms with Crippen LogP contribution in [0.15, 0.2) is 12.5 Å². The van der Waals surface area contributed by atoms with Crippen molar-refractivity contribution < 1.29 is 29.4 Å². The van der Waals surface area contributed by atoms with Crippen molar-refractivity contribution in [3.8, 4) is 0 Å². The lowest BCUT2D eigenvalue weighted by molar-refractivity contribution is -0.145. The van der Waals surface area contributed by atoms with E-state index in [2.05, 4.69) is 38.5 Å². The number of hydrogen-bond acceptors (Lipinski definition) is 8. The minimum atomic E-state index is -1.54. The molecule has 180 valence electrons. The normalized spacial score (nSPS) is 15.8. The molecule has 12 nitrogen and oxygen atoms in total. The van der Waals surface area contributed by atoms with E-state index >= 15 is 0 Å². The second kappa shape index (κ2) is 13.0. The van der Waals surface area contributed by atoms with E-state index in [0.29, 0.717) is 5.69 Å². The second-order valence-corrected chi connectivity index (χ2v) is 8.25. The Morgan fingerprint density at radius 2 is 1.69 bits per heavy atom. The molecule has 0 spiro atoms. The largest absolute Gasteiger partial charge is 0.480 e. The van der Waals surface area contributed by atoms with Crippen molar-refractivity contribution >= 4 is 36.3 Å². The highest BCUT2D eigenvalue weighted by molar-refractivity contribution is 7.80. The SMILES string of the molecule is CC(C)CC(NC(=O)C(Cc1cnc[nH]1)NC(=O)C(N)CS)C(=O)NC(C(=O)O)C(C)O. The Bertz CT molecular complexity index is 772. The maximum atomic E-state index is 13.0. The Morgan fingerprint density at radius 1 is 1.09 bits per heavy atom. The molecule has 0 aliphatic rings. The van der Waals surface area contributed by atoms with E-state index in [1.54, 1.807) is 0 Å². The minimum Gasteiger partial charge on any atom is -0.480 e. The Labute approximate surface area is 191 Å². The number of carbonyl (C=O) groups excluding carboxylic acids is 3. The molecular formula is C19H32N6O6S. The quantitative estimate of drug-likeness (QED) is 0.153. The number of nitrogens with two attached hydrogens (primary N) is 1. The summed E-state index contributed by atoms with van der Waals surface area (Å²) in [6.07, 6.45) is 1.82. The van der Waals surface area contributed by atoms with Crippen LogP contribution >= 0.6 is 12.6 Å². The number of nitrogens with one attached hydrogen (secondary N) is 4. The van der Waals surface area contributed by atoms with Gasteiger partial charge in [0.2, 0.25) is 17.7 Å². The fourth-order valence-corrected chi connectivity index (χ4v) is 2.97. The Balaban J connectivity index is 3.03. The highest BCUT2D eigenvalue weighted by Crippen LogP contribution is 2.08. The molecule has 1 heterocycles. The fraction of sp³-hybridized carbons (Fsp3) is 0.632. The maximum Gasteiger partial charge on any atom is 0.328 e. The number of thiol groups is 1. The van der Waals surface area contributed by atoms with Crippen molar-refractivity contribution in [3.05, 3.63) is 18.2 Å². The summed E-state index contributed by atoms with van der Waals surface area (Å²) in [5, 5.41) is 26.2. The van der Waals surface area contributed by atoms with E-state index < -0.39 is 54.0 Å². The lowest BCUT2D eigenvalue weighted by Crippen LogP contribution is -2.59. The predicted molar refractivity (Wildman–Crippen MR) is 119 cm³/mol. The molecule has 5 unspecified atom stereocenters. The third kappa shape index (κ3) is 8.85. The number of carbonyl (C=O) groups is 4. The molecule has 0 aliphatic heterocycles. The number of aromatic nitrogens is 2. The van der Waals surface area contributed by atoms with Gasteiger partial charge in [-0.2, -0.15) is 12.6 Å². The van der Waals surface area contributed by atoms with Crippen molar-refractivity contribution in [2.24, 2.45) is 11.7 Å². The zero-order chi connectivity index (χ0) is 24.4. The average molecular weight is 473 g/mol. The first-order chi connectivity index (χ1) is 15.0. The van der Waals surface area contributed by atoms with Crippen molar-refractivity contribution in [2.45, 2.75) is 63.9 Å². The predicted octanol–water partition coefficient (Wildman–Crippen LogP) is -1.82. The number of hydrogen-bond donors (Lipinski definition) is 8. The van der Waals surface area contributed by atoms with Crippen LogP contribution in [-0.4, -0.2) is 79.9 Å². The summed E-state index contributed by atoms with van der Waals surface area (Å²) in [6.45, 7) is 4.88. The highest BCUT2D eigenvalue weighted by atomic mass is 32.1. The van der Waals surface area contributed by atoms with Crippen molar-refractivity contribution in [3.63, 3.8) is 0 Å². The van der Waals surface area contributed by atoms with Crippen LogP contribution in [0.1, 0.15) is 32.9 Å². The number of rotatable bonds is 13. The van der Waals surface area contributed by atoms with Gasteiger partial charge in [0.05, 0.1) is 18.5 Å². The van der Waals surface area contributed by atoms with Crippen molar-refractivity contribution in [1.29, 1.82) is 0 Å². The van der Waals surface area contributed by atoms with Gasteiger partial charge in [-0.3, -0.25) is 14.4 Å². The molecule has 3 amide bonds. The Kier molecular flexibility index (Phi) is 11.2. The first-order valence-corrected chi connectivity index (χ1v) is 10.7. The first-order valence-electron chi connectivity index (χ1n) is 10.1. The van der Waals surface area contributed by atoms with Crippen molar-refractivity contribution in [1.82, 2.24) is 25.9 Å². The number of nitrogens with zero attached hydrogens (tertiary/aromatic N) is 1. The van der Waals surface area contributed by atoms with Gasteiger partial charge in [-0.25, -0.2) is 9.78 Å². The van der Waals surface area contributed by atoms with Crippen LogP contribution in [0.5, 0.6) is 0 Å². The topological polar surface area (TPSA) is 200 Å². The lowest BCUT2D eigenvalue weighted by Gasteiger charge is -2.26. The average Bonchev–Trinajstić information content (AvgIpc) is 3.22. The standard InChI is InChI=1S/C19H32N6O6S/c1-9(2)4-13(18(29)25-15(10(3)26)19(30)31)24-17(28)14(5-11-6-21-8-22-11)23-16(27)12(20)7-32/h6,8-10,12-15,26,32H,4-5,7,20H2,1-3H3,(H,21,22)(H,23,27)(H,24,28)(H,25,29)(H,30,31). The Morgan fingerprint density at radius 3 is 2.16 bits per heavy atom. The van der Waals surface area contributed by atoms with Crippen LogP contribution < -0.4 is 21.7 Å². The summed E-state index contributed by atoms with van der Waals surface area (Å²) in [5.41, 5.74) is 6.25. The highest BCUT2D eigenvalue weighted by Gasteiger charge is 2.32. The minimum absolute atomic E-state index is 0.0286. The van der Waals surface area contributed by atoms with Gasteiger partial charge >= 0.3 is 5.97 Å². The fourth-order valence-electron chi connectivity index (χ4n) is 2.80. The molecule has 0 aliphatic carbocycles. The molecule has 0 radical (unpaired) electrons. The molecule has 1 aromatic heterocycles. The number of carboxylic acid groups (broad SMARTS) is 1. The third-order valence-electron chi connectivity index (χ3n) is 4.53. The van der Waals surface area contributed by atoms with E-state index in [1.165, 1.54) is 19.4 Å². The van der Waals surface area contributed by atoms with Crippen LogP contribution in [0.3, 0.4) is 0 Å². The second-order valence-electron chi connectivity index (χ2n) is 7.89. The molecule has 8 N–H and O–H groups in total. The Hall–Kier alpha value is -2.64. The zero-order valence-electron chi connectivity index (χ0n) is 18.2. The van der Waals surface area contributed by atoms with Gasteiger partial charge in [-0.15, -0.1) is 0 Å². The summed E-state index contributed by atoms with van der Waals surface area (Å²) in [6, 6.07) is -4.65. The summed E-state index contributed by atoms with van der Waals surface area (Å²) >= 11 is 3.98. The molecule has 0 saturated heterocycles. The molecule has 0 aromatic carbocycles.